The number of halogens is 1. The third-order valence-corrected chi connectivity index (χ3v) is 3.51. The first kappa shape index (κ1) is 13.7. The Bertz CT molecular complexity index is 552. The fourth-order valence-corrected chi connectivity index (χ4v) is 2.46. The Morgan fingerprint density at radius 3 is 2.95 bits per heavy atom. The van der Waals surface area contributed by atoms with Crippen LogP contribution in [0.2, 0.25) is 5.02 Å². The number of hydrogen-bond donors (Lipinski definition) is 2. The van der Waals surface area contributed by atoms with Gasteiger partial charge in [0.05, 0.1) is 23.2 Å². The molecule has 1 aromatic rings. The number of nitrogens with one attached hydrogen (secondary N) is 1. The lowest BCUT2D eigenvalue weighted by Crippen LogP contribution is -2.24. The topological polar surface area (TPSA) is 82.2 Å². The Morgan fingerprint density at radius 2 is 2.32 bits per heavy atom. The summed E-state index contributed by atoms with van der Waals surface area (Å²) in [5.74, 6) is -0.219. The van der Waals surface area contributed by atoms with Gasteiger partial charge in [-0.25, -0.2) is 0 Å². The van der Waals surface area contributed by atoms with Crippen LogP contribution in [0.25, 0.3) is 0 Å². The van der Waals surface area contributed by atoms with Gasteiger partial charge in [-0.05, 0) is 19.1 Å². The van der Waals surface area contributed by atoms with Crippen LogP contribution >= 0.6 is 11.6 Å². The maximum atomic E-state index is 11.5. The number of nitrogens with two attached hydrogens (primary N) is 1. The van der Waals surface area contributed by atoms with Crippen LogP contribution in [0.3, 0.4) is 0 Å². The van der Waals surface area contributed by atoms with Gasteiger partial charge in [0, 0.05) is 24.3 Å². The molecule has 0 radical (unpaired) electrons. The van der Waals surface area contributed by atoms with Gasteiger partial charge < -0.3 is 16.0 Å². The number of carbonyl (C=O) groups excluding carboxylic acids is 1. The first-order chi connectivity index (χ1) is 9.08. The number of hydrogen-bond acceptors (Lipinski definition) is 4. The van der Waals surface area contributed by atoms with Crippen LogP contribution < -0.4 is 16.0 Å². The highest BCUT2D eigenvalue weighted by atomic mass is 35.5. The minimum atomic E-state index is -0.657. The van der Waals surface area contributed by atoms with E-state index in [1.807, 2.05) is 17.9 Å². The van der Waals surface area contributed by atoms with Gasteiger partial charge in [0.2, 0.25) is 5.91 Å². The molecule has 0 aromatic heterocycles. The van der Waals surface area contributed by atoms with E-state index in [-0.39, 0.29) is 5.91 Å². The van der Waals surface area contributed by atoms with E-state index in [1.165, 1.54) is 0 Å². The fourth-order valence-electron chi connectivity index (χ4n) is 2.17. The summed E-state index contributed by atoms with van der Waals surface area (Å²) in [5.41, 5.74) is 8.00. The van der Waals surface area contributed by atoms with Crippen molar-refractivity contribution < 1.29 is 4.79 Å². The standard InChI is InChI=1S/C13H15ClN4O/c1-2-18(5-3-4-15)11-7-10-8(6-9(11)14)12(16)13(19)17-10/h6-7,12H,2-3,5,16H2,1H3,(H,17,19). The lowest BCUT2D eigenvalue weighted by atomic mass is 10.1. The molecule has 1 heterocycles. The monoisotopic (exact) mass is 278 g/mol. The molecule has 1 aliphatic heterocycles. The number of carbonyl (C=O) groups is 1. The van der Waals surface area contributed by atoms with Crippen molar-refractivity contribution in [3.8, 4) is 6.07 Å². The second kappa shape index (κ2) is 5.47. The summed E-state index contributed by atoms with van der Waals surface area (Å²) in [6.45, 7) is 3.33. The van der Waals surface area contributed by atoms with Crippen molar-refractivity contribution in [3.63, 3.8) is 0 Å². The molecule has 0 saturated heterocycles. The maximum Gasteiger partial charge on any atom is 0.245 e. The lowest BCUT2D eigenvalue weighted by molar-refractivity contribution is -0.116. The van der Waals surface area contributed by atoms with Gasteiger partial charge in [-0.1, -0.05) is 11.6 Å². The van der Waals surface area contributed by atoms with E-state index in [4.69, 9.17) is 22.6 Å². The Kier molecular flexibility index (Phi) is 3.93. The molecule has 1 atom stereocenters. The molecule has 5 nitrogen and oxygen atoms in total. The summed E-state index contributed by atoms with van der Waals surface area (Å²) in [6.07, 6.45) is 0.424. The summed E-state index contributed by atoms with van der Waals surface area (Å²) in [5, 5.41) is 12.0. The quantitative estimate of drug-likeness (QED) is 0.883. The molecule has 2 rings (SSSR count). The molecule has 0 aliphatic carbocycles. The number of nitrogens with zero attached hydrogens (tertiary/aromatic N) is 2. The molecule has 1 amide bonds. The molecule has 1 aliphatic rings. The van der Waals surface area contributed by atoms with Crippen LogP contribution in [-0.4, -0.2) is 19.0 Å². The van der Waals surface area contributed by atoms with Crippen LogP contribution in [0.4, 0.5) is 11.4 Å². The third-order valence-electron chi connectivity index (χ3n) is 3.21. The first-order valence-corrected chi connectivity index (χ1v) is 6.48. The zero-order valence-corrected chi connectivity index (χ0v) is 11.4. The zero-order chi connectivity index (χ0) is 14.0. The Hall–Kier alpha value is -1.77. The van der Waals surface area contributed by atoms with Crippen molar-refractivity contribution in [3.05, 3.63) is 22.7 Å². The molecule has 3 N–H and O–H groups in total. The Morgan fingerprint density at radius 1 is 1.58 bits per heavy atom. The molecule has 0 spiro atoms. The van der Waals surface area contributed by atoms with E-state index in [9.17, 15) is 4.79 Å². The summed E-state index contributed by atoms with van der Waals surface area (Å²) in [4.78, 5) is 13.5. The van der Waals surface area contributed by atoms with Crippen molar-refractivity contribution in [1.29, 1.82) is 5.26 Å². The highest BCUT2D eigenvalue weighted by molar-refractivity contribution is 6.33. The lowest BCUT2D eigenvalue weighted by Gasteiger charge is -2.24. The third kappa shape index (κ3) is 2.50. The average molecular weight is 279 g/mol. The van der Waals surface area contributed by atoms with Crippen LogP contribution in [0.1, 0.15) is 24.9 Å². The molecule has 0 saturated carbocycles. The highest BCUT2D eigenvalue weighted by Gasteiger charge is 2.28. The zero-order valence-electron chi connectivity index (χ0n) is 10.6. The number of amides is 1. The highest BCUT2D eigenvalue weighted by Crippen LogP contribution is 2.38. The number of nitriles is 1. The molecular weight excluding hydrogens is 264 g/mol. The molecule has 100 valence electrons. The number of anilines is 2. The minimum Gasteiger partial charge on any atom is -0.370 e. The van der Waals surface area contributed by atoms with Gasteiger partial charge in [-0.2, -0.15) is 5.26 Å². The van der Waals surface area contributed by atoms with Crippen LogP contribution in [0.5, 0.6) is 0 Å². The van der Waals surface area contributed by atoms with E-state index >= 15 is 0 Å². The summed E-state index contributed by atoms with van der Waals surface area (Å²) < 4.78 is 0. The van der Waals surface area contributed by atoms with E-state index in [1.54, 1.807) is 6.07 Å². The Labute approximate surface area is 116 Å². The number of rotatable bonds is 4. The van der Waals surface area contributed by atoms with Gasteiger partial charge >= 0.3 is 0 Å². The van der Waals surface area contributed by atoms with E-state index < -0.39 is 6.04 Å². The molecule has 1 aromatic carbocycles. The van der Waals surface area contributed by atoms with E-state index in [2.05, 4.69) is 11.4 Å². The molecule has 0 bridgehead atoms. The van der Waals surface area contributed by atoms with Crippen molar-refractivity contribution in [1.82, 2.24) is 0 Å². The predicted octanol–water partition coefficient (Wildman–Crippen LogP) is 2.03. The average Bonchev–Trinajstić information content (AvgIpc) is 2.66. The second-order valence-corrected chi connectivity index (χ2v) is 4.75. The predicted molar refractivity (Wildman–Crippen MR) is 75.1 cm³/mol. The van der Waals surface area contributed by atoms with E-state index in [0.29, 0.717) is 23.7 Å². The van der Waals surface area contributed by atoms with E-state index in [0.717, 1.165) is 17.8 Å². The van der Waals surface area contributed by atoms with Crippen LogP contribution in [-0.2, 0) is 4.79 Å². The largest absolute Gasteiger partial charge is 0.370 e. The van der Waals surface area contributed by atoms with Crippen LogP contribution in [0, 0.1) is 11.3 Å². The van der Waals surface area contributed by atoms with Gasteiger partial charge in [0.15, 0.2) is 0 Å². The molecule has 0 fully saturated rings. The maximum absolute atomic E-state index is 11.5. The second-order valence-electron chi connectivity index (χ2n) is 4.35. The smallest absolute Gasteiger partial charge is 0.245 e. The van der Waals surface area contributed by atoms with Crippen molar-refractivity contribution in [2.45, 2.75) is 19.4 Å². The van der Waals surface area contributed by atoms with Crippen molar-refractivity contribution >= 4 is 28.9 Å². The number of fused-ring (bicyclic) bond motifs is 1. The SMILES string of the molecule is CCN(CCC#N)c1cc2c(cc1Cl)C(N)C(=O)N2. The fraction of sp³-hybridized carbons (Fsp3) is 0.385. The molecule has 6 heteroatoms. The number of benzene rings is 1. The minimum absolute atomic E-state index is 0.219. The normalized spacial score (nSPS) is 16.7. The van der Waals surface area contributed by atoms with Gasteiger partial charge in [0.25, 0.3) is 0 Å². The first-order valence-electron chi connectivity index (χ1n) is 6.10. The van der Waals surface area contributed by atoms with Gasteiger partial charge in [-0.3, -0.25) is 4.79 Å². The summed E-state index contributed by atoms with van der Waals surface area (Å²) in [7, 11) is 0. The summed E-state index contributed by atoms with van der Waals surface area (Å²) >= 11 is 6.25. The van der Waals surface area contributed by atoms with Gasteiger partial charge in [-0.15, -0.1) is 0 Å². The van der Waals surface area contributed by atoms with Crippen LogP contribution in [0.15, 0.2) is 12.1 Å². The molecule has 19 heavy (non-hydrogen) atoms. The van der Waals surface area contributed by atoms with Gasteiger partial charge in [0.1, 0.15) is 6.04 Å². The molecule has 1 unspecified atom stereocenters. The molecular formula is C13H15ClN4O. The van der Waals surface area contributed by atoms with Crippen molar-refractivity contribution in [2.24, 2.45) is 5.73 Å². The Balaban J connectivity index is 2.36. The van der Waals surface area contributed by atoms with Crippen molar-refractivity contribution in [2.75, 3.05) is 23.3 Å². The summed E-state index contributed by atoms with van der Waals surface area (Å²) in [6, 6.07) is 5.01.